The average molecular weight is 365 g/mol. The van der Waals surface area contributed by atoms with Crippen molar-refractivity contribution in [2.24, 2.45) is 10.9 Å². The zero-order valence-corrected chi connectivity index (χ0v) is 16.7. The van der Waals surface area contributed by atoms with Gasteiger partial charge in [0.15, 0.2) is 5.96 Å². The third kappa shape index (κ3) is 6.65. The first-order chi connectivity index (χ1) is 12.8. The molecule has 1 saturated heterocycles. The molecule has 0 saturated carbocycles. The fourth-order valence-corrected chi connectivity index (χ4v) is 3.59. The van der Waals surface area contributed by atoms with Gasteiger partial charge in [-0.25, -0.2) is 0 Å². The fraction of sp³-hybridized carbons (Fsp3) is 0.750. The van der Waals surface area contributed by atoms with Crippen molar-refractivity contribution in [3.05, 3.63) is 24.2 Å². The number of hydrogen-bond acceptors (Lipinski definition) is 4. The molecule has 0 spiro atoms. The molecule has 0 bridgehead atoms. The lowest BCUT2D eigenvalue weighted by Gasteiger charge is -2.38. The average Bonchev–Trinajstić information content (AvgIpc) is 3.19. The van der Waals surface area contributed by atoms with Crippen molar-refractivity contribution in [2.75, 3.05) is 45.9 Å². The van der Waals surface area contributed by atoms with E-state index < -0.39 is 0 Å². The van der Waals surface area contributed by atoms with Crippen molar-refractivity contribution >= 4 is 5.96 Å². The molecular weight excluding hydrogens is 328 g/mol. The molecule has 1 aromatic rings. The number of ether oxygens (including phenoxy) is 1. The molecule has 2 heterocycles. The van der Waals surface area contributed by atoms with E-state index in [0.717, 1.165) is 64.1 Å². The van der Waals surface area contributed by atoms with Crippen molar-refractivity contribution in [3.63, 3.8) is 0 Å². The van der Waals surface area contributed by atoms with Crippen LogP contribution in [0.3, 0.4) is 0 Å². The second kappa shape index (κ2) is 12.0. The highest BCUT2D eigenvalue weighted by atomic mass is 16.5. The van der Waals surface area contributed by atoms with Crippen molar-refractivity contribution in [2.45, 2.75) is 46.1 Å². The van der Waals surface area contributed by atoms with E-state index >= 15 is 0 Å². The topological polar surface area (TPSA) is 62.0 Å². The zero-order valence-electron chi connectivity index (χ0n) is 16.7. The van der Waals surface area contributed by atoms with Gasteiger partial charge in [-0.1, -0.05) is 26.7 Å². The van der Waals surface area contributed by atoms with Crippen LogP contribution in [0.15, 0.2) is 27.8 Å². The number of aliphatic imine (C=N–C) groups is 1. The third-order valence-electron chi connectivity index (χ3n) is 5.13. The molecule has 0 amide bonds. The quantitative estimate of drug-likeness (QED) is 0.493. The molecule has 1 aliphatic rings. The van der Waals surface area contributed by atoms with Gasteiger partial charge in [0.2, 0.25) is 0 Å². The Morgan fingerprint density at radius 3 is 2.58 bits per heavy atom. The lowest BCUT2D eigenvalue weighted by Crippen LogP contribution is -2.49. The summed E-state index contributed by atoms with van der Waals surface area (Å²) in [6.45, 7) is 12.9. The minimum atomic E-state index is 0.481. The van der Waals surface area contributed by atoms with Gasteiger partial charge in [0.1, 0.15) is 5.76 Å². The molecule has 2 N–H and O–H groups in total. The number of guanidine groups is 1. The maximum Gasteiger partial charge on any atom is 0.191 e. The van der Waals surface area contributed by atoms with E-state index in [1.807, 2.05) is 12.1 Å². The monoisotopic (exact) mass is 364 g/mol. The second-order valence-corrected chi connectivity index (χ2v) is 6.77. The lowest BCUT2D eigenvalue weighted by atomic mass is 9.92. The Labute approximate surface area is 158 Å². The summed E-state index contributed by atoms with van der Waals surface area (Å²) in [6, 6.07) is 4.42. The molecular formula is C20H36N4O2. The number of rotatable bonds is 10. The number of nitrogens with zero attached hydrogens (tertiary/aromatic N) is 2. The van der Waals surface area contributed by atoms with Crippen LogP contribution in [0, 0.1) is 5.92 Å². The Balaban J connectivity index is 1.94. The van der Waals surface area contributed by atoms with E-state index in [4.69, 9.17) is 14.1 Å². The Morgan fingerprint density at radius 1 is 1.19 bits per heavy atom. The van der Waals surface area contributed by atoms with Crippen LogP contribution in [0.1, 0.15) is 39.4 Å². The number of furan rings is 1. The summed E-state index contributed by atoms with van der Waals surface area (Å²) < 4.78 is 10.9. The highest BCUT2D eigenvalue weighted by Gasteiger charge is 2.26. The van der Waals surface area contributed by atoms with Crippen LogP contribution in [0.25, 0.3) is 0 Å². The van der Waals surface area contributed by atoms with E-state index in [0.29, 0.717) is 12.0 Å². The smallest absolute Gasteiger partial charge is 0.191 e. The molecule has 1 aliphatic heterocycles. The summed E-state index contributed by atoms with van der Waals surface area (Å²) in [6.07, 6.45) is 4.96. The van der Waals surface area contributed by atoms with Gasteiger partial charge in [-0.15, -0.1) is 0 Å². The summed E-state index contributed by atoms with van der Waals surface area (Å²) in [7, 11) is 0. The normalized spacial score (nSPS) is 17.5. The van der Waals surface area contributed by atoms with Gasteiger partial charge in [0, 0.05) is 38.6 Å². The Morgan fingerprint density at radius 2 is 1.96 bits per heavy atom. The highest BCUT2D eigenvalue weighted by molar-refractivity contribution is 5.79. The molecule has 148 valence electrons. The van der Waals surface area contributed by atoms with Crippen LogP contribution in [0.4, 0.5) is 0 Å². The number of morpholine rings is 1. The van der Waals surface area contributed by atoms with E-state index in [9.17, 15) is 0 Å². The first-order valence-electron chi connectivity index (χ1n) is 10.1. The van der Waals surface area contributed by atoms with Gasteiger partial charge >= 0.3 is 0 Å². The Bertz CT molecular complexity index is 494. The minimum absolute atomic E-state index is 0.481. The summed E-state index contributed by atoms with van der Waals surface area (Å²) in [5.41, 5.74) is 0. The molecule has 6 heteroatoms. The molecule has 0 radical (unpaired) electrons. The van der Waals surface area contributed by atoms with Crippen LogP contribution in [-0.4, -0.2) is 62.8 Å². The van der Waals surface area contributed by atoms with Crippen molar-refractivity contribution in [1.82, 2.24) is 15.5 Å². The van der Waals surface area contributed by atoms with Gasteiger partial charge < -0.3 is 19.8 Å². The maximum absolute atomic E-state index is 5.54. The summed E-state index contributed by atoms with van der Waals surface area (Å²) in [4.78, 5) is 7.47. The SMILES string of the molecule is CCNC(=NCC(C(CC)CC)N1CCOCC1)NCCc1ccco1. The van der Waals surface area contributed by atoms with Gasteiger partial charge in [0.05, 0.1) is 26.0 Å². The van der Waals surface area contributed by atoms with Gasteiger partial charge in [-0.05, 0) is 25.0 Å². The van der Waals surface area contributed by atoms with E-state index in [1.165, 1.54) is 12.8 Å². The van der Waals surface area contributed by atoms with E-state index in [1.54, 1.807) is 6.26 Å². The van der Waals surface area contributed by atoms with Crippen molar-refractivity contribution in [1.29, 1.82) is 0 Å². The Kier molecular flexibility index (Phi) is 9.56. The zero-order chi connectivity index (χ0) is 18.6. The molecule has 2 rings (SSSR count). The molecule has 0 aliphatic carbocycles. The predicted octanol–water partition coefficient (Wildman–Crippen LogP) is 2.51. The molecule has 26 heavy (non-hydrogen) atoms. The minimum Gasteiger partial charge on any atom is -0.469 e. The molecule has 1 fully saturated rings. The van der Waals surface area contributed by atoms with E-state index in [-0.39, 0.29) is 0 Å². The highest BCUT2D eigenvalue weighted by Crippen LogP contribution is 2.20. The first kappa shape index (κ1) is 20.8. The van der Waals surface area contributed by atoms with Crippen LogP contribution < -0.4 is 10.6 Å². The third-order valence-corrected chi connectivity index (χ3v) is 5.13. The van der Waals surface area contributed by atoms with Crippen LogP contribution in [-0.2, 0) is 11.2 Å². The maximum atomic E-state index is 5.54. The van der Waals surface area contributed by atoms with Crippen LogP contribution >= 0.6 is 0 Å². The van der Waals surface area contributed by atoms with Crippen molar-refractivity contribution in [3.8, 4) is 0 Å². The van der Waals surface area contributed by atoms with Gasteiger partial charge in [-0.2, -0.15) is 0 Å². The van der Waals surface area contributed by atoms with E-state index in [2.05, 4.69) is 36.3 Å². The lowest BCUT2D eigenvalue weighted by molar-refractivity contribution is 0.00395. The van der Waals surface area contributed by atoms with Crippen LogP contribution in [0.2, 0.25) is 0 Å². The van der Waals surface area contributed by atoms with Gasteiger partial charge in [-0.3, -0.25) is 9.89 Å². The molecule has 1 unspecified atom stereocenters. The largest absolute Gasteiger partial charge is 0.469 e. The first-order valence-corrected chi connectivity index (χ1v) is 10.1. The summed E-state index contributed by atoms with van der Waals surface area (Å²) in [5.74, 6) is 2.56. The van der Waals surface area contributed by atoms with Gasteiger partial charge in [0.25, 0.3) is 0 Å². The summed E-state index contributed by atoms with van der Waals surface area (Å²) in [5, 5.41) is 6.79. The number of nitrogens with one attached hydrogen (secondary N) is 2. The van der Waals surface area contributed by atoms with Crippen LogP contribution in [0.5, 0.6) is 0 Å². The fourth-order valence-electron chi connectivity index (χ4n) is 3.59. The standard InChI is InChI=1S/C20H36N4O2/c1-4-17(5-2)19(24-11-14-25-15-12-24)16-23-20(21-6-3)22-10-9-18-8-7-13-26-18/h7-8,13,17,19H,4-6,9-12,14-16H2,1-3H3,(H2,21,22,23). The molecule has 1 aromatic heterocycles. The molecule has 0 aromatic carbocycles. The molecule has 1 atom stereocenters. The molecule has 6 nitrogen and oxygen atoms in total. The summed E-state index contributed by atoms with van der Waals surface area (Å²) >= 11 is 0. The second-order valence-electron chi connectivity index (χ2n) is 6.77. The predicted molar refractivity (Wildman–Crippen MR) is 107 cm³/mol. The number of hydrogen-bond donors (Lipinski definition) is 2. The Hall–Kier alpha value is -1.53. The van der Waals surface area contributed by atoms with Crippen molar-refractivity contribution < 1.29 is 9.15 Å².